The van der Waals surface area contributed by atoms with Gasteiger partial charge in [-0.25, -0.2) is 0 Å². The van der Waals surface area contributed by atoms with E-state index in [0.29, 0.717) is 38.6 Å². The fraction of sp³-hybridized carbons (Fsp3) is 0.423. The van der Waals surface area contributed by atoms with Crippen LogP contribution in [-0.4, -0.2) is 59.3 Å². The molecule has 1 fully saturated rings. The van der Waals surface area contributed by atoms with Crippen LogP contribution in [0, 0.1) is 6.92 Å². The number of carbonyl (C=O) groups excluding carboxylic acids is 2. The van der Waals surface area contributed by atoms with Gasteiger partial charge in [-0.1, -0.05) is 30.3 Å². The summed E-state index contributed by atoms with van der Waals surface area (Å²) in [6.45, 7) is 4.97. The number of amides is 2. The van der Waals surface area contributed by atoms with E-state index in [4.69, 9.17) is 14.3 Å². The third-order valence-electron chi connectivity index (χ3n) is 6.52. The Morgan fingerprint density at radius 1 is 1.12 bits per heavy atom. The Balaban J connectivity index is 1.23. The molecule has 34 heavy (non-hydrogen) atoms. The Morgan fingerprint density at radius 3 is 2.71 bits per heavy atom. The fourth-order valence-corrected chi connectivity index (χ4v) is 4.73. The number of fused-ring (bicyclic) bond motifs is 3. The highest BCUT2D eigenvalue weighted by atomic mass is 16.5. The average Bonchev–Trinajstić information content (AvgIpc) is 3.42. The molecule has 1 aliphatic heterocycles. The molecule has 0 unspecified atom stereocenters. The molecule has 3 heterocycles. The number of hydrogen-bond acceptors (Lipinski definition) is 5. The van der Waals surface area contributed by atoms with E-state index in [1.165, 1.54) is 5.56 Å². The molecule has 0 spiro atoms. The van der Waals surface area contributed by atoms with E-state index in [1.54, 1.807) is 9.58 Å². The number of benzene rings is 1. The molecular formula is C26H30N4O4. The van der Waals surface area contributed by atoms with Gasteiger partial charge in [0.25, 0.3) is 5.91 Å². The maximum atomic E-state index is 13.0. The van der Waals surface area contributed by atoms with Gasteiger partial charge in [-0.05, 0) is 37.3 Å². The van der Waals surface area contributed by atoms with E-state index in [9.17, 15) is 9.59 Å². The second-order valence-electron chi connectivity index (χ2n) is 8.90. The van der Waals surface area contributed by atoms with Crippen LogP contribution in [0.1, 0.15) is 39.4 Å². The van der Waals surface area contributed by atoms with Gasteiger partial charge in [0.1, 0.15) is 12.3 Å². The molecule has 2 aliphatic rings. The summed E-state index contributed by atoms with van der Waals surface area (Å²) in [5.41, 5.74) is 4.90. The molecular weight excluding hydrogens is 432 g/mol. The first-order valence-electron chi connectivity index (χ1n) is 12.0. The largest absolute Gasteiger partial charge is 0.455 e. The molecule has 8 heteroatoms. The quantitative estimate of drug-likeness (QED) is 0.546. The number of morpholine rings is 1. The third-order valence-corrected chi connectivity index (χ3v) is 6.52. The van der Waals surface area contributed by atoms with Gasteiger partial charge in [0.2, 0.25) is 5.91 Å². The van der Waals surface area contributed by atoms with Gasteiger partial charge < -0.3 is 19.4 Å². The first-order valence-corrected chi connectivity index (χ1v) is 12.0. The number of hydrogen-bond donors (Lipinski definition) is 1. The van der Waals surface area contributed by atoms with Gasteiger partial charge in [0, 0.05) is 43.4 Å². The number of carbonyl (C=O) groups is 2. The summed E-state index contributed by atoms with van der Waals surface area (Å²) in [6, 6.07) is 10.3. The van der Waals surface area contributed by atoms with Gasteiger partial charge in [0.05, 0.1) is 18.9 Å². The Bertz CT molecular complexity index is 1180. The summed E-state index contributed by atoms with van der Waals surface area (Å²) in [5, 5.41) is 7.69. The minimum absolute atomic E-state index is 0.0553. The van der Waals surface area contributed by atoms with Gasteiger partial charge in [-0.3, -0.25) is 14.3 Å². The van der Waals surface area contributed by atoms with Gasteiger partial charge in [-0.2, -0.15) is 5.10 Å². The van der Waals surface area contributed by atoms with Crippen molar-refractivity contribution in [2.75, 3.05) is 32.8 Å². The Kier molecular flexibility index (Phi) is 6.49. The van der Waals surface area contributed by atoms with Crippen LogP contribution >= 0.6 is 0 Å². The molecule has 2 aromatic heterocycles. The van der Waals surface area contributed by atoms with Crippen LogP contribution < -0.4 is 5.32 Å². The number of nitrogens with zero attached hydrogens (tertiary/aromatic N) is 3. The Hall–Kier alpha value is -3.39. The van der Waals surface area contributed by atoms with E-state index in [0.717, 1.165) is 53.8 Å². The van der Waals surface area contributed by atoms with Crippen LogP contribution in [0.4, 0.5) is 0 Å². The van der Waals surface area contributed by atoms with Gasteiger partial charge >= 0.3 is 0 Å². The number of aryl methyl sites for hydroxylation is 3. The van der Waals surface area contributed by atoms with Crippen molar-refractivity contribution in [1.82, 2.24) is 20.0 Å². The van der Waals surface area contributed by atoms with Gasteiger partial charge in [0.15, 0.2) is 5.76 Å². The summed E-state index contributed by atoms with van der Waals surface area (Å²) in [7, 11) is 0. The zero-order chi connectivity index (χ0) is 23.5. The Morgan fingerprint density at radius 2 is 1.91 bits per heavy atom. The predicted molar refractivity (Wildman–Crippen MR) is 127 cm³/mol. The van der Waals surface area contributed by atoms with Crippen molar-refractivity contribution in [3.05, 3.63) is 64.7 Å². The zero-order valence-corrected chi connectivity index (χ0v) is 19.5. The van der Waals surface area contributed by atoms with Crippen molar-refractivity contribution in [3.63, 3.8) is 0 Å². The molecule has 1 aliphatic carbocycles. The van der Waals surface area contributed by atoms with Crippen LogP contribution in [0.2, 0.25) is 0 Å². The van der Waals surface area contributed by atoms with Crippen LogP contribution in [0.15, 0.2) is 40.9 Å². The summed E-state index contributed by atoms with van der Waals surface area (Å²) in [5.74, 6) is 1.05. The van der Waals surface area contributed by atoms with Crippen molar-refractivity contribution >= 4 is 11.8 Å². The first kappa shape index (κ1) is 22.4. The lowest BCUT2D eigenvalue weighted by molar-refractivity contribution is -0.121. The molecule has 8 nitrogen and oxygen atoms in total. The van der Waals surface area contributed by atoms with Crippen molar-refractivity contribution in [1.29, 1.82) is 0 Å². The lowest BCUT2D eigenvalue weighted by Crippen LogP contribution is -2.40. The maximum Gasteiger partial charge on any atom is 0.290 e. The summed E-state index contributed by atoms with van der Waals surface area (Å²) >= 11 is 0. The van der Waals surface area contributed by atoms with Crippen molar-refractivity contribution in [3.8, 4) is 11.3 Å². The average molecular weight is 463 g/mol. The van der Waals surface area contributed by atoms with E-state index in [-0.39, 0.29) is 18.4 Å². The molecule has 1 saturated heterocycles. The van der Waals surface area contributed by atoms with Crippen LogP contribution in [0.25, 0.3) is 11.3 Å². The summed E-state index contributed by atoms with van der Waals surface area (Å²) < 4.78 is 13.1. The first-order chi connectivity index (χ1) is 16.6. The smallest absolute Gasteiger partial charge is 0.290 e. The number of nitrogens with one attached hydrogen (secondary N) is 1. The molecule has 0 bridgehead atoms. The number of rotatable bonds is 7. The lowest BCUT2D eigenvalue weighted by atomic mass is 9.93. The monoisotopic (exact) mass is 462 g/mol. The Labute approximate surface area is 198 Å². The van der Waals surface area contributed by atoms with Crippen LogP contribution in [0.3, 0.4) is 0 Å². The molecule has 5 rings (SSSR count). The highest BCUT2D eigenvalue weighted by Gasteiger charge is 2.32. The SMILES string of the molecule is Cc1c(C(=O)N2CCOCC2)oc2c1-c1nn(CC(=O)NCCCc3ccccc3)cc1CC2. The fourth-order valence-electron chi connectivity index (χ4n) is 4.73. The molecule has 0 saturated carbocycles. The second kappa shape index (κ2) is 9.85. The number of ether oxygens (including phenoxy) is 1. The second-order valence-corrected chi connectivity index (χ2v) is 8.90. The number of aromatic nitrogens is 2. The minimum Gasteiger partial charge on any atom is -0.455 e. The van der Waals surface area contributed by atoms with E-state index < -0.39 is 0 Å². The summed E-state index contributed by atoms with van der Waals surface area (Å²) in [4.78, 5) is 27.3. The molecule has 1 aromatic carbocycles. The highest BCUT2D eigenvalue weighted by Crippen LogP contribution is 2.38. The molecule has 0 radical (unpaired) electrons. The van der Waals surface area contributed by atoms with E-state index >= 15 is 0 Å². The lowest BCUT2D eigenvalue weighted by Gasteiger charge is -2.26. The third kappa shape index (κ3) is 4.63. The highest BCUT2D eigenvalue weighted by molar-refractivity contribution is 5.95. The van der Waals surface area contributed by atoms with Crippen molar-refractivity contribution < 1.29 is 18.7 Å². The van der Waals surface area contributed by atoms with Crippen LogP contribution in [0.5, 0.6) is 0 Å². The topological polar surface area (TPSA) is 89.6 Å². The molecule has 178 valence electrons. The minimum atomic E-state index is -0.0916. The van der Waals surface area contributed by atoms with Crippen molar-refractivity contribution in [2.45, 2.75) is 39.2 Å². The normalized spacial score (nSPS) is 15.0. The maximum absolute atomic E-state index is 13.0. The van der Waals surface area contributed by atoms with Crippen molar-refractivity contribution in [2.24, 2.45) is 0 Å². The molecule has 2 amide bonds. The summed E-state index contributed by atoms with van der Waals surface area (Å²) in [6.07, 6.45) is 5.27. The standard InChI is InChI=1S/C26H30N4O4/c1-18-23-21(34-25(18)26(32)29-12-14-33-15-13-29)10-9-20-16-30(28-24(20)23)17-22(31)27-11-5-8-19-6-3-2-4-7-19/h2-4,6-7,16H,5,8-15,17H2,1H3,(H,27,31). The van der Waals surface area contributed by atoms with E-state index in [1.807, 2.05) is 31.3 Å². The van der Waals surface area contributed by atoms with Gasteiger partial charge in [-0.15, -0.1) is 0 Å². The van der Waals surface area contributed by atoms with E-state index in [2.05, 4.69) is 17.4 Å². The van der Waals surface area contributed by atoms with Crippen LogP contribution in [-0.2, 0) is 35.3 Å². The molecule has 1 N–H and O–H groups in total. The zero-order valence-electron chi connectivity index (χ0n) is 19.5. The predicted octanol–water partition coefficient (Wildman–Crippen LogP) is 2.77. The molecule has 0 atom stereocenters. The number of furan rings is 1. The molecule has 3 aromatic rings.